The molecule has 0 spiro atoms. The average molecular weight is 1050 g/mol. The highest BCUT2D eigenvalue weighted by Gasteiger charge is 2.35. The molecular weight excluding hydrogens is 972 g/mol. The van der Waals surface area contributed by atoms with Crippen molar-refractivity contribution < 1.29 is 43.2 Å². The number of hydrogen-bond acceptors (Lipinski definition) is 10. The Morgan fingerprint density at radius 1 is 0.797 bits per heavy atom. The topological polar surface area (TPSA) is 330 Å². The summed E-state index contributed by atoms with van der Waals surface area (Å²) in [6.07, 6.45) is 7.94. The fraction of sp³-hybridized carbons (Fsp3) is 0.538. The van der Waals surface area contributed by atoms with Crippen molar-refractivity contribution in [2.45, 2.75) is 166 Å². The molecule has 0 unspecified atom stereocenters. The fourth-order valence-electron chi connectivity index (χ4n) is 8.31. The number of aromatic nitrogens is 1. The number of rotatable bonds is 21. The van der Waals surface area contributed by atoms with Crippen molar-refractivity contribution in [1.29, 1.82) is 0 Å². The molecule has 1 aliphatic rings. The molecule has 1 aliphatic heterocycles. The highest BCUT2D eigenvalue weighted by Crippen LogP contribution is 2.20. The van der Waals surface area contributed by atoms with Crippen molar-refractivity contribution in [3.05, 3.63) is 71.0 Å². The number of benzene rings is 1. The van der Waals surface area contributed by atoms with Crippen LogP contribution in [0.3, 0.4) is 0 Å². The van der Waals surface area contributed by atoms with Crippen molar-refractivity contribution in [1.82, 2.24) is 47.5 Å². The lowest BCUT2D eigenvalue weighted by molar-refractivity contribution is -0.136. The summed E-state index contributed by atoms with van der Waals surface area (Å²) in [5.74, 6) is -6.10. The lowest BCUT2D eigenvalue weighted by Gasteiger charge is -2.28. The molecule has 1 fully saturated rings. The predicted molar refractivity (Wildman–Crippen MR) is 285 cm³/mol. The van der Waals surface area contributed by atoms with E-state index in [2.05, 4.69) is 65.7 Å². The van der Waals surface area contributed by atoms with Gasteiger partial charge in [-0.05, 0) is 81.2 Å². The number of amidine groups is 1. The maximum Gasteiger partial charge on any atom is 0.243 e. The number of H-pyrrole nitrogens is 1. The molecule has 0 radical (unpaired) electrons. The minimum atomic E-state index is -1.40. The molecule has 2 aromatic rings. The van der Waals surface area contributed by atoms with E-state index < -0.39 is 95.5 Å². The van der Waals surface area contributed by atoms with E-state index >= 15 is 0 Å². The lowest BCUT2D eigenvalue weighted by atomic mass is 10.00. The normalized spacial score (nSPS) is 21.6. The van der Waals surface area contributed by atoms with Gasteiger partial charge in [-0.3, -0.25) is 48.1 Å². The third kappa shape index (κ3) is 21.2. The first-order chi connectivity index (χ1) is 35.3. The second-order valence-corrected chi connectivity index (χ2v) is 18.9. The number of unbranched alkanes of at least 4 members (excludes halogenated alkanes) is 3. The molecule has 0 aliphatic carbocycles. The maximum absolute atomic E-state index is 14.6. The van der Waals surface area contributed by atoms with Crippen molar-refractivity contribution in [2.75, 3.05) is 13.1 Å². The lowest BCUT2D eigenvalue weighted by Crippen LogP contribution is -2.60. The van der Waals surface area contributed by atoms with Crippen LogP contribution in [-0.4, -0.2) is 119 Å². The van der Waals surface area contributed by atoms with Crippen molar-refractivity contribution in [2.24, 2.45) is 16.5 Å². The molecule has 1 saturated heterocycles. The molecule has 22 heteroatoms. The molecule has 0 bridgehead atoms. The van der Waals surface area contributed by atoms with E-state index in [0.717, 1.165) is 6.42 Å². The Balaban J connectivity index is 2.15. The molecule has 3 rings (SSSR count). The van der Waals surface area contributed by atoms with Gasteiger partial charge in [0, 0.05) is 61.8 Å². The summed E-state index contributed by atoms with van der Waals surface area (Å²) in [6, 6.07) is -2.25. The van der Waals surface area contributed by atoms with E-state index in [1.807, 2.05) is 13.8 Å². The van der Waals surface area contributed by atoms with Crippen LogP contribution < -0.4 is 54.0 Å². The molecule has 2 heterocycles. The van der Waals surface area contributed by atoms with Crippen molar-refractivity contribution >= 4 is 82.8 Å². The molecule has 0 saturated carbocycles. The maximum atomic E-state index is 14.6. The van der Waals surface area contributed by atoms with Crippen LogP contribution in [0.2, 0.25) is 5.02 Å². The van der Waals surface area contributed by atoms with Crippen LogP contribution >= 0.6 is 11.6 Å². The first kappa shape index (κ1) is 61.3. The number of amides is 9. The SMILES string of the molecule is C=Cc1[nH]cc(C[C@@H]2NC(=O)[C@H](CCCC)NC(=O)[C@@H](Cc3cccc(Cl)c3)NC(=O)[C@H](CCCCC)NC(=O)[C@@H](NC(=O)[C@H](CCCN=C(C)N)NC(C)=O)CCC(=O)NCCC[C@@H](C(N)=O)NC2=O)c1C=C. The molecular formula is C52H77ClN12O9. The van der Waals surface area contributed by atoms with Crippen LogP contribution in [-0.2, 0) is 56.0 Å². The Hall–Kier alpha value is -7.03. The molecule has 9 amide bonds. The summed E-state index contributed by atoms with van der Waals surface area (Å²) in [4.78, 5) is 132. The van der Waals surface area contributed by atoms with E-state index in [1.165, 1.54) is 6.92 Å². The Kier molecular flexibility index (Phi) is 26.7. The number of nitrogens with one attached hydrogen (secondary N) is 9. The number of primary amides is 1. The Morgan fingerprint density at radius 2 is 1.42 bits per heavy atom. The molecule has 74 heavy (non-hydrogen) atoms. The summed E-state index contributed by atoms with van der Waals surface area (Å²) in [7, 11) is 0. The number of nitrogens with zero attached hydrogens (tertiary/aromatic N) is 1. The Labute approximate surface area is 438 Å². The second-order valence-electron chi connectivity index (χ2n) is 18.4. The van der Waals surface area contributed by atoms with Crippen molar-refractivity contribution in [3.63, 3.8) is 0 Å². The zero-order chi connectivity index (χ0) is 54.7. The average Bonchev–Trinajstić information content (AvgIpc) is 3.75. The number of carbonyl (C=O) groups is 9. The van der Waals surface area contributed by atoms with E-state index in [9.17, 15) is 43.2 Å². The number of halogens is 1. The van der Waals surface area contributed by atoms with Crippen LogP contribution in [0, 0.1) is 0 Å². The minimum Gasteiger partial charge on any atom is -0.388 e. The third-order valence-corrected chi connectivity index (χ3v) is 12.6. The van der Waals surface area contributed by atoms with E-state index in [0.29, 0.717) is 65.3 Å². The standard InChI is InChI=1S/C52H77ClN12O9/c1-7-11-13-20-41-49(71)64-43(28-33-17-14-18-35(53)27-33)51(73)62-40(19-12-8-2)48(70)65-44(29-34-30-58-37(10-4)36(34)9-3)52(74)60-38(46(55)68)21-15-26-57-45(67)24-23-42(50(72)61-41)63-47(69)39(59-32(6)66)22-16-25-56-31(5)54/h9-10,14,17-18,27,30,38-44,58H,3-4,7-8,11-13,15-16,19-26,28-29H2,1-2,5-6H3,(H2,54,56)(H2,55,68)(H,57,67)(H,59,66)(H,60,74)(H,61,72)(H,62,73)(H,63,69)(H,64,71)(H,65,70)/t38-,39-,40-,41-,42-,43+,44-/m0/s1. The number of hydrogen-bond donors (Lipinski definition) is 11. The van der Waals surface area contributed by atoms with Gasteiger partial charge in [-0.1, -0.05) is 88.9 Å². The van der Waals surface area contributed by atoms with Gasteiger partial charge in [-0.2, -0.15) is 0 Å². The predicted octanol–water partition coefficient (Wildman–Crippen LogP) is 2.26. The van der Waals surface area contributed by atoms with Gasteiger partial charge in [0.05, 0.1) is 5.84 Å². The number of nitrogens with two attached hydrogens (primary N) is 2. The highest BCUT2D eigenvalue weighted by atomic mass is 35.5. The Bertz CT molecular complexity index is 2320. The van der Waals surface area contributed by atoms with Gasteiger partial charge in [0.15, 0.2) is 0 Å². The quantitative estimate of drug-likeness (QED) is 0.0492. The second kappa shape index (κ2) is 32.2. The summed E-state index contributed by atoms with van der Waals surface area (Å²) in [6.45, 7) is 14.7. The van der Waals surface area contributed by atoms with Gasteiger partial charge >= 0.3 is 0 Å². The van der Waals surface area contributed by atoms with Crippen LogP contribution in [0.25, 0.3) is 12.2 Å². The first-order valence-corrected chi connectivity index (χ1v) is 25.8. The summed E-state index contributed by atoms with van der Waals surface area (Å²) >= 11 is 6.36. The van der Waals surface area contributed by atoms with Gasteiger partial charge in [-0.15, -0.1) is 0 Å². The molecule has 21 nitrogen and oxygen atoms in total. The molecule has 13 N–H and O–H groups in total. The van der Waals surface area contributed by atoms with E-state index in [1.54, 1.807) is 49.5 Å². The number of carbonyl (C=O) groups excluding carboxylic acids is 9. The zero-order valence-electron chi connectivity index (χ0n) is 43.2. The van der Waals surface area contributed by atoms with Gasteiger partial charge in [0.2, 0.25) is 53.2 Å². The van der Waals surface area contributed by atoms with Crippen LogP contribution in [0.4, 0.5) is 0 Å². The van der Waals surface area contributed by atoms with Crippen molar-refractivity contribution in [3.8, 4) is 0 Å². The summed E-state index contributed by atoms with van der Waals surface area (Å²) < 4.78 is 0. The highest BCUT2D eigenvalue weighted by molar-refractivity contribution is 6.30. The monoisotopic (exact) mass is 1050 g/mol. The molecule has 406 valence electrons. The van der Waals surface area contributed by atoms with E-state index in [-0.39, 0.29) is 70.9 Å². The molecule has 7 atom stereocenters. The number of aromatic amines is 1. The number of aliphatic imine (C=N–C) groups is 1. The van der Waals surface area contributed by atoms with Gasteiger partial charge < -0.3 is 59.0 Å². The van der Waals surface area contributed by atoms with E-state index in [4.69, 9.17) is 23.1 Å². The molecule has 1 aromatic carbocycles. The van der Waals surface area contributed by atoms with Crippen LogP contribution in [0.15, 0.2) is 48.6 Å². The van der Waals surface area contributed by atoms with Crippen LogP contribution in [0.5, 0.6) is 0 Å². The van der Waals surface area contributed by atoms with Gasteiger partial charge in [-0.25, -0.2) is 0 Å². The Morgan fingerprint density at radius 3 is 2.03 bits per heavy atom. The fourth-order valence-corrected chi connectivity index (χ4v) is 8.52. The largest absolute Gasteiger partial charge is 0.388 e. The first-order valence-electron chi connectivity index (χ1n) is 25.4. The van der Waals surface area contributed by atoms with Gasteiger partial charge in [0.25, 0.3) is 0 Å². The third-order valence-electron chi connectivity index (χ3n) is 12.3. The minimum absolute atomic E-state index is 0.0163. The smallest absolute Gasteiger partial charge is 0.243 e. The van der Waals surface area contributed by atoms with Crippen LogP contribution in [0.1, 0.15) is 134 Å². The summed E-state index contributed by atoms with van der Waals surface area (Å²) in [5.41, 5.74) is 13.8. The molecule has 1 aromatic heterocycles. The summed E-state index contributed by atoms with van der Waals surface area (Å²) in [5, 5.41) is 22.2. The van der Waals surface area contributed by atoms with Gasteiger partial charge in [0.1, 0.15) is 42.3 Å². The zero-order valence-corrected chi connectivity index (χ0v) is 43.9.